The van der Waals surface area contributed by atoms with Crippen molar-refractivity contribution >= 4 is 27.3 Å². The largest absolute Gasteiger partial charge is 0.292 e. The van der Waals surface area contributed by atoms with E-state index in [1.54, 1.807) is 6.20 Å². The van der Waals surface area contributed by atoms with Crippen molar-refractivity contribution < 1.29 is 8.42 Å². The van der Waals surface area contributed by atoms with Gasteiger partial charge in [0.1, 0.15) is 9.90 Å². The number of sulfonamides is 1. The first-order valence-electron chi connectivity index (χ1n) is 5.77. The lowest BCUT2D eigenvalue weighted by molar-refractivity contribution is 0.580. The van der Waals surface area contributed by atoms with Gasteiger partial charge in [0.05, 0.1) is 18.9 Å². The summed E-state index contributed by atoms with van der Waals surface area (Å²) in [5, 5.41) is 0.714. The van der Waals surface area contributed by atoms with Crippen molar-refractivity contribution in [2.75, 3.05) is 5.43 Å². The summed E-state index contributed by atoms with van der Waals surface area (Å²) in [4.78, 5) is 12.7. The molecule has 0 unspecified atom stereocenters. The second kappa shape index (κ2) is 6.22. The molecular formula is C10H14N6O2S2. The summed E-state index contributed by atoms with van der Waals surface area (Å²) in [5.74, 6) is 5.26. The smallest absolute Gasteiger partial charge is 0.244 e. The van der Waals surface area contributed by atoms with Gasteiger partial charge < -0.3 is 0 Å². The highest BCUT2D eigenvalue weighted by atomic mass is 32.2. The molecule has 0 bridgehead atoms. The zero-order valence-electron chi connectivity index (χ0n) is 10.7. The maximum absolute atomic E-state index is 12.0. The number of nitrogens with two attached hydrogens (primary N) is 1. The number of hydrogen-bond acceptors (Lipinski definition) is 8. The maximum atomic E-state index is 12.0. The van der Waals surface area contributed by atoms with Gasteiger partial charge in [0.2, 0.25) is 16.0 Å². The molecule has 10 heteroatoms. The van der Waals surface area contributed by atoms with Crippen LogP contribution in [0.4, 0.5) is 5.95 Å². The van der Waals surface area contributed by atoms with E-state index in [1.807, 2.05) is 6.92 Å². The second-order valence-corrected chi connectivity index (χ2v) is 6.75. The van der Waals surface area contributed by atoms with E-state index >= 15 is 0 Å². The molecule has 0 saturated heterocycles. The van der Waals surface area contributed by atoms with Gasteiger partial charge in [0.15, 0.2) is 0 Å². The molecule has 0 radical (unpaired) electrons. The Bertz CT molecular complexity index is 667. The van der Waals surface area contributed by atoms with Gasteiger partial charge in [-0.1, -0.05) is 6.92 Å². The van der Waals surface area contributed by atoms with Crippen LogP contribution in [0.25, 0.3) is 0 Å². The number of thiazole rings is 1. The maximum Gasteiger partial charge on any atom is 0.244 e. The predicted octanol–water partition coefficient (Wildman–Crippen LogP) is 0.260. The Balaban J connectivity index is 2.06. The molecule has 0 amide bonds. The van der Waals surface area contributed by atoms with Gasteiger partial charge in [0.25, 0.3) is 0 Å². The summed E-state index contributed by atoms with van der Waals surface area (Å²) >= 11 is 1.48. The molecule has 0 saturated carbocycles. The average Bonchev–Trinajstić information content (AvgIpc) is 2.93. The van der Waals surface area contributed by atoms with E-state index in [9.17, 15) is 8.42 Å². The number of nitrogens with one attached hydrogen (secondary N) is 2. The molecule has 108 valence electrons. The molecule has 0 aliphatic carbocycles. The van der Waals surface area contributed by atoms with Gasteiger partial charge in [-0.25, -0.2) is 33.9 Å². The number of hydrazine groups is 1. The zero-order chi connectivity index (χ0) is 14.6. The summed E-state index contributed by atoms with van der Waals surface area (Å²) < 4.78 is 26.5. The van der Waals surface area contributed by atoms with E-state index in [-0.39, 0.29) is 17.4 Å². The Morgan fingerprint density at radius 2 is 1.95 bits per heavy atom. The first-order chi connectivity index (χ1) is 9.55. The highest BCUT2D eigenvalue weighted by molar-refractivity contribution is 7.89. The molecule has 0 aliphatic rings. The second-order valence-electron chi connectivity index (χ2n) is 3.79. The Kier molecular flexibility index (Phi) is 4.60. The first kappa shape index (κ1) is 14.8. The Morgan fingerprint density at radius 3 is 2.50 bits per heavy atom. The molecule has 20 heavy (non-hydrogen) atoms. The standard InChI is InChI=1S/C10H14N6O2S2/c1-2-7-3-12-9(19-7)6-15-20(17,18)8-4-13-10(16-11)14-5-8/h3-5,15H,2,6,11H2,1H3,(H,13,14,16). The zero-order valence-corrected chi connectivity index (χ0v) is 12.3. The number of nitrogen functional groups attached to an aromatic ring is 1. The third-order valence-electron chi connectivity index (χ3n) is 2.43. The number of anilines is 1. The summed E-state index contributed by atoms with van der Waals surface area (Å²) in [6, 6.07) is 0. The van der Waals surface area contributed by atoms with Gasteiger partial charge in [-0.15, -0.1) is 11.3 Å². The number of rotatable bonds is 6. The fraction of sp³-hybridized carbons (Fsp3) is 0.300. The average molecular weight is 314 g/mol. The summed E-state index contributed by atoms with van der Waals surface area (Å²) in [6.45, 7) is 2.16. The highest BCUT2D eigenvalue weighted by Crippen LogP contribution is 2.14. The molecule has 8 nitrogen and oxygen atoms in total. The fourth-order valence-electron chi connectivity index (χ4n) is 1.36. The summed E-state index contributed by atoms with van der Waals surface area (Å²) in [5.41, 5.74) is 2.23. The Hall–Kier alpha value is -1.62. The van der Waals surface area contributed by atoms with Crippen LogP contribution in [0.5, 0.6) is 0 Å². The van der Waals surface area contributed by atoms with Gasteiger partial charge in [-0.2, -0.15) is 0 Å². The predicted molar refractivity (Wildman–Crippen MR) is 75.4 cm³/mol. The van der Waals surface area contributed by atoms with Crippen LogP contribution in [0.1, 0.15) is 16.8 Å². The van der Waals surface area contributed by atoms with Crippen LogP contribution in [-0.2, 0) is 23.0 Å². The van der Waals surface area contributed by atoms with Crippen molar-refractivity contribution in [2.45, 2.75) is 24.8 Å². The lowest BCUT2D eigenvalue weighted by Gasteiger charge is -2.05. The number of aromatic nitrogens is 3. The normalized spacial score (nSPS) is 11.5. The minimum Gasteiger partial charge on any atom is -0.292 e. The highest BCUT2D eigenvalue weighted by Gasteiger charge is 2.15. The number of nitrogens with zero attached hydrogens (tertiary/aromatic N) is 3. The molecule has 2 aromatic heterocycles. The molecule has 2 heterocycles. The Labute approximate surface area is 120 Å². The Morgan fingerprint density at radius 1 is 1.25 bits per heavy atom. The van der Waals surface area contributed by atoms with Crippen LogP contribution in [-0.4, -0.2) is 23.4 Å². The third kappa shape index (κ3) is 3.48. The van der Waals surface area contributed by atoms with E-state index in [2.05, 4.69) is 25.1 Å². The molecule has 2 rings (SSSR count). The topological polar surface area (TPSA) is 123 Å². The van der Waals surface area contributed by atoms with Crippen molar-refractivity contribution in [2.24, 2.45) is 5.84 Å². The number of aryl methyl sites for hydroxylation is 1. The van der Waals surface area contributed by atoms with Crippen LogP contribution in [0.15, 0.2) is 23.5 Å². The lowest BCUT2D eigenvalue weighted by Crippen LogP contribution is -2.23. The SMILES string of the molecule is CCc1cnc(CNS(=O)(=O)c2cnc(NN)nc2)s1. The van der Waals surface area contributed by atoms with E-state index < -0.39 is 10.0 Å². The van der Waals surface area contributed by atoms with E-state index in [1.165, 1.54) is 23.7 Å². The van der Waals surface area contributed by atoms with Gasteiger partial charge in [-0.05, 0) is 6.42 Å². The summed E-state index contributed by atoms with van der Waals surface area (Å²) in [7, 11) is -3.66. The molecular weight excluding hydrogens is 300 g/mol. The fourth-order valence-corrected chi connectivity index (χ4v) is 3.13. The summed E-state index contributed by atoms with van der Waals surface area (Å²) in [6.07, 6.45) is 5.00. The minimum absolute atomic E-state index is 0.0243. The molecule has 4 N–H and O–H groups in total. The number of hydrogen-bond donors (Lipinski definition) is 3. The van der Waals surface area contributed by atoms with Gasteiger partial charge in [0, 0.05) is 11.1 Å². The van der Waals surface area contributed by atoms with E-state index in [0.29, 0.717) is 5.01 Å². The van der Waals surface area contributed by atoms with Crippen LogP contribution in [0.3, 0.4) is 0 Å². The van der Waals surface area contributed by atoms with E-state index in [4.69, 9.17) is 5.84 Å². The molecule has 0 aliphatic heterocycles. The van der Waals surface area contributed by atoms with Crippen LogP contribution >= 0.6 is 11.3 Å². The van der Waals surface area contributed by atoms with Crippen molar-refractivity contribution in [3.8, 4) is 0 Å². The lowest BCUT2D eigenvalue weighted by atomic mass is 10.4. The molecule has 0 spiro atoms. The molecule has 2 aromatic rings. The van der Waals surface area contributed by atoms with Gasteiger partial charge in [-0.3, -0.25) is 5.43 Å². The van der Waals surface area contributed by atoms with Crippen molar-refractivity contribution in [1.82, 2.24) is 19.7 Å². The molecule has 0 fully saturated rings. The van der Waals surface area contributed by atoms with Crippen molar-refractivity contribution in [1.29, 1.82) is 0 Å². The molecule has 0 aromatic carbocycles. The minimum atomic E-state index is -3.66. The first-order valence-corrected chi connectivity index (χ1v) is 8.07. The van der Waals surface area contributed by atoms with Crippen molar-refractivity contribution in [3.05, 3.63) is 28.5 Å². The van der Waals surface area contributed by atoms with E-state index in [0.717, 1.165) is 11.3 Å². The van der Waals surface area contributed by atoms with Crippen LogP contribution in [0, 0.1) is 0 Å². The quantitative estimate of drug-likeness (QED) is 0.516. The van der Waals surface area contributed by atoms with Gasteiger partial charge >= 0.3 is 0 Å². The van der Waals surface area contributed by atoms with Crippen LogP contribution < -0.4 is 16.0 Å². The molecule has 0 atom stereocenters. The third-order valence-corrected chi connectivity index (χ3v) is 4.93. The monoisotopic (exact) mass is 314 g/mol. The van der Waals surface area contributed by atoms with Crippen LogP contribution in [0.2, 0.25) is 0 Å². The van der Waals surface area contributed by atoms with Crippen molar-refractivity contribution in [3.63, 3.8) is 0 Å².